The van der Waals surface area contributed by atoms with E-state index in [2.05, 4.69) is 16.9 Å². The lowest BCUT2D eigenvalue weighted by atomic mass is 10.2. The standard InChI is InChI=1S/C10H17N3OS/c1-7(11)8-6-15-10(12-8)9-5-13(2)3-4-14-9/h6-7,9H,3-5,11H2,1-2H3. The van der Waals surface area contributed by atoms with E-state index in [1.54, 1.807) is 11.3 Å². The minimum Gasteiger partial charge on any atom is -0.368 e. The molecule has 0 bridgehead atoms. The summed E-state index contributed by atoms with van der Waals surface area (Å²) in [6, 6.07) is 0.0105. The molecule has 15 heavy (non-hydrogen) atoms. The van der Waals surface area contributed by atoms with Crippen molar-refractivity contribution in [2.75, 3.05) is 26.7 Å². The lowest BCUT2D eigenvalue weighted by Crippen LogP contribution is -2.35. The third kappa shape index (κ3) is 2.55. The van der Waals surface area contributed by atoms with Crippen molar-refractivity contribution in [2.45, 2.75) is 19.1 Å². The molecule has 4 nitrogen and oxygen atoms in total. The minimum atomic E-state index is 0.0105. The van der Waals surface area contributed by atoms with Crippen LogP contribution in [0.3, 0.4) is 0 Å². The highest BCUT2D eigenvalue weighted by atomic mass is 32.1. The van der Waals surface area contributed by atoms with E-state index in [0.717, 1.165) is 30.4 Å². The van der Waals surface area contributed by atoms with Crippen LogP contribution in [0.2, 0.25) is 0 Å². The number of aromatic nitrogens is 1. The van der Waals surface area contributed by atoms with Crippen molar-refractivity contribution in [3.63, 3.8) is 0 Å². The van der Waals surface area contributed by atoms with Crippen molar-refractivity contribution in [2.24, 2.45) is 5.73 Å². The molecule has 1 fully saturated rings. The number of rotatable bonds is 2. The molecule has 1 aliphatic heterocycles. The van der Waals surface area contributed by atoms with Crippen molar-refractivity contribution in [1.82, 2.24) is 9.88 Å². The summed E-state index contributed by atoms with van der Waals surface area (Å²) in [7, 11) is 2.11. The van der Waals surface area contributed by atoms with Crippen LogP contribution >= 0.6 is 11.3 Å². The highest BCUT2D eigenvalue weighted by Crippen LogP contribution is 2.26. The van der Waals surface area contributed by atoms with Gasteiger partial charge < -0.3 is 15.4 Å². The zero-order valence-corrected chi connectivity index (χ0v) is 9.96. The summed E-state index contributed by atoms with van der Waals surface area (Å²) >= 11 is 1.64. The molecule has 5 heteroatoms. The first-order chi connectivity index (χ1) is 7.16. The largest absolute Gasteiger partial charge is 0.368 e. The minimum absolute atomic E-state index is 0.0105. The smallest absolute Gasteiger partial charge is 0.123 e. The summed E-state index contributed by atoms with van der Waals surface area (Å²) in [5.41, 5.74) is 6.74. The molecule has 0 spiro atoms. The second-order valence-electron chi connectivity index (χ2n) is 4.02. The van der Waals surface area contributed by atoms with Gasteiger partial charge in [0.15, 0.2) is 0 Å². The molecule has 0 saturated carbocycles. The summed E-state index contributed by atoms with van der Waals surface area (Å²) < 4.78 is 5.69. The van der Waals surface area contributed by atoms with Gasteiger partial charge in [-0.05, 0) is 14.0 Å². The van der Waals surface area contributed by atoms with E-state index < -0.39 is 0 Å². The van der Waals surface area contributed by atoms with Gasteiger partial charge in [-0.2, -0.15) is 0 Å². The monoisotopic (exact) mass is 227 g/mol. The number of hydrogen-bond donors (Lipinski definition) is 1. The predicted molar refractivity (Wildman–Crippen MR) is 60.9 cm³/mol. The van der Waals surface area contributed by atoms with Gasteiger partial charge in [0.25, 0.3) is 0 Å². The lowest BCUT2D eigenvalue weighted by molar-refractivity contribution is -0.0210. The maximum Gasteiger partial charge on any atom is 0.123 e. The maximum atomic E-state index is 5.78. The van der Waals surface area contributed by atoms with Crippen LogP contribution in [0, 0.1) is 0 Å². The average molecular weight is 227 g/mol. The SMILES string of the molecule is CC(N)c1csc(C2CN(C)CCO2)n1. The zero-order valence-electron chi connectivity index (χ0n) is 9.14. The molecule has 0 radical (unpaired) electrons. The molecular weight excluding hydrogens is 210 g/mol. The number of ether oxygens (including phenoxy) is 1. The van der Waals surface area contributed by atoms with E-state index in [0.29, 0.717) is 0 Å². The molecule has 2 rings (SSSR count). The third-order valence-corrected chi connectivity index (χ3v) is 3.51. The van der Waals surface area contributed by atoms with Crippen molar-refractivity contribution in [1.29, 1.82) is 0 Å². The van der Waals surface area contributed by atoms with Gasteiger partial charge in [0.05, 0.1) is 12.3 Å². The molecule has 84 valence electrons. The summed E-state index contributed by atoms with van der Waals surface area (Å²) in [4.78, 5) is 6.77. The van der Waals surface area contributed by atoms with Crippen molar-refractivity contribution in [3.8, 4) is 0 Å². The Morgan fingerprint density at radius 3 is 3.13 bits per heavy atom. The predicted octanol–water partition coefficient (Wildman–Crippen LogP) is 1.17. The van der Waals surface area contributed by atoms with E-state index in [-0.39, 0.29) is 12.1 Å². The number of hydrogen-bond acceptors (Lipinski definition) is 5. The fraction of sp³-hybridized carbons (Fsp3) is 0.700. The second-order valence-corrected chi connectivity index (χ2v) is 4.91. The van der Waals surface area contributed by atoms with E-state index >= 15 is 0 Å². The Bertz CT molecular complexity index is 326. The van der Waals surface area contributed by atoms with Crippen LogP contribution in [-0.2, 0) is 4.74 Å². The Morgan fingerprint density at radius 2 is 2.53 bits per heavy atom. The lowest BCUT2D eigenvalue weighted by Gasteiger charge is -2.28. The molecule has 0 aliphatic carbocycles. The highest BCUT2D eigenvalue weighted by molar-refractivity contribution is 7.09. The van der Waals surface area contributed by atoms with E-state index in [4.69, 9.17) is 10.5 Å². The molecule has 1 aromatic heterocycles. The van der Waals surface area contributed by atoms with Gasteiger partial charge in [0.2, 0.25) is 0 Å². The van der Waals surface area contributed by atoms with Crippen LogP contribution in [0.15, 0.2) is 5.38 Å². The molecule has 0 amide bonds. The Labute approximate surface area is 94.1 Å². The summed E-state index contributed by atoms with van der Waals surface area (Å²) in [6.45, 7) is 4.66. The molecule has 1 aliphatic rings. The van der Waals surface area contributed by atoms with Gasteiger partial charge in [-0.25, -0.2) is 4.98 Å². The second kappa shape index (κ2) is 4.57. The molecule has 2 N–H and O–H groups in total. The van der Waals surface area contributed by atoms with E-state index in [9.17, 15) is 0 Å². The third-order valence-electron chi connectivity index (χ3n) is 2.55. The maximum absolute atomic E-state index is 5.78. The first-order valence-electron chi connectivity index (χ1n) is 5.18. The number of thiazole rings is 1. The summed E-state index contributed by atoms with van der Waals surface area (Å²) in [5, 5.41) is 3.08. The molecule has 2 atom stereocenters. The van der Waals surface area contributed by atoms with Crippen LogP contribution in [0.4, 0.5) is 0 Å². The van der Waals surface area contributed by atoms with Crippen LogP contribution in [-0.4, -0.2) is 36.6 Å². The Kier molecular flexibility index (Phi) is 3.35. The number of morpholine rings is 1. The van der Waals surface area contributed by atoms with Gasteiger partial charge >= 0.3 is 0 Å². The average Bonchev–Trinajstić information content (AvgIpc) is 2.66. The molecule has 2 unspecified atom stereocenters. The van der Waals surface area contributed by atoms with E-state index in [1.165, 1.54) is 0 Å². The normalized spacial score (nSPS) is 25.4. The Hall–Kier alpha value is -0.490. The van der Waals surface area contributed by atoms with E-state index in [1.807, 2.05) is 12.3 Å². The van der Waals surface area contributed by atoms with Crippen LogP contribution in [0.5, 0.6) is 0 Å². The topological polar surface area (TPSA) is 51.4 Å². The summed E-state index contributed by atoms with van der Waals surface area (Å²) in [5.74, 6) is 0. The molecule has 1 aromatic rings. The Balaban J connectivity index is 2.08. The van der Waals surface area contributed by atoms with Crippen molar-refractivity contribution in [3.05, 3.63) is 16.1 Å². The first-order valence-corrected chi connectivity index (χ1v) is 6.06. The molecule has 2 heterocycles. The fourth-order valence-electron chi connectivity index (χ4n) is 1.58. The number of nitrogens with two attached hydrogens (primary N) is 1. The molecule has 0 aromatic carbocycles. The van der Waals surface area contributed by atoms with Gasteiger partial charge in [-0.1, -0.05) is 0 Å². The molecular formula is C10H17N3OS. The van der Waals surface area contributed by atoms with Gasteiger partial charge in [-0.15, -0.1) is 11.3 Å². The first kappa shape index (κ1) is 11.0. The fourth-order valence-corrected chi connectivity index (χ4v) is 2.55. The quantitative estimate of drug-likeness (QED) is 0.824. The van der Waals surface area contributed by atoms with Gasteiger partial charge in [-0.3, -0.25) is 0 Å². The molecule has 1 saturated heterocycles. The zero-order chi connectivity index (χ0) is 10.8. The van der Waals surface area contributed by atoms with Crippen LogP contribution < -0.4 is 5.73 Å². The van der Waals surface area contributed by atoms with Crippen LogP contribution in [0.1, 0.15) is 29.8 Å². The number of likely N-dealkylation sites (N-methyl/N-ethyl adjacent to an activating group) is 1. The number of nitrogens with zero attached hydrogens (tertiary/aromatic N) is 2. The van der Waals surface area contributed by atoms with Crippen molar-refractivity contribution >= 4 is 11.3 Å². The Morgan fingerprint density at radius 1 is 1.73 bits per heavy atom. The van der Waals surface area contributed by atoms with Crippen LogP contribution in [0.25, 0.3) is 0 Å². The highest BCUT2D eigenvalue weighted by Gasteiger charge is 2.22. The van der Waals surface area contributed by atoms with Gasteiger partial charge in [0.1, 0.15) is 11.1 Å². The van der Waals surface area contributed by atoms with Gasteiger partial charge in [0, 0.05) is 24.5 Å². The van der Waals surface area contributed by atoms with Crippen molar-refractivity contribution < 1.29 is 4.74 Å². The summed E-state index contributed by atoms with van der Waals surface area (Å²) in [6.07, 6.45) is 0.126.